The fourth-order valence-electron chi connectivity index (χ4n) is 0.571. The van der Waals surface area contributed by atoms with E-state index >= 15 is 0 Å². The van der Waals surface area contributed by atoms with Gasteiger partial charge in [-0.1, -0.05) is 6.08 Å². The van der Waals surface area contributed by atoms with Gasteiger partial charge in [-0.15, -0.1) is 6.58 Å². The van der Waals surface area contributed by atoms with Gasteiger partial charge in [0.05, 0.1) is 6.26 Å². The van der Waals surface area contributed by atoms with E-state index in [2.05, 4.69) is 6.58 Å². The Bertz CT molecular complexity index is 155. The maximum atomic E-state index is 5.00. The predicted octanol–water partition coefficient (Wildman–Crippen LogP) is 2.01. The number of rotatable bonds is 2. The summed E-state index contributed by atoms with van der Waals surface area (Å²) in [5.74, 6) is 0.972. The maximum Gasteiger partial charge on any atom is 0.107 e. The number of furan rings is 1. The molecule has 0 aliphatic heterocycles. The summed E-state index contributed by atoms with van der Waals surface area (Å²) < 4.78 is 5.00. The summed E-state index contributed by atoms with van der Waals surface area (Å²) >= 11 is 0. The largest absolute Gasteiger partial charge is 0.469 e. The molecular formula is C7H8OPd. The Morgan fingerprint density at radius 1 is 1.67 bits per heavy atom. The van der Waals surface area contributed by atoms with Crippen molar-refractivity contribution < 1.29 is 24.8 Å². The van der Waals surface area contributed by atoms with Gasteiger partial charge in [0.15, 0.2) is 0 Å². The van der Waals surface area contributed by atoms with Crippen molar-refractivity contribution in [1.82, 2.24) is 0 Å². The van der Waals surface area contributed by atoms with Crippen LogP contribution in [0, 0.1) is 0 Å². The van der Waals surface area contributed by atoms with Gasteiger partial charge < -0.3 is 4.42 Å². The first-order valence-electron chi connectivity index (χ1n) is 2.57. The molecule has 0 aromatic carbocycles. The third kappa shape index (κ3) is 2.65. The van der Waals surface area contributed by atoms with Crippen LogP contribution in [0.2, 0.25) is 0 Å². The van der Waals surface area contributed by atoms with Crippen LogP contribution in [-0.2, 0) is 26.8 Å². The van der Waals surface area contributed by atoms with E-state index in [1.54, 1.807) is 6.26 Å². The number of allylic oxidation sites excluding steroid dienone is 1. The quantitative estimate of drug-likeness (QED) is 0.542. The molecule has 0 spiro atoms. The molecule has 0 fully saturated rings. The van der Waals surface area contributed by atoms with Crippen molar-refractivity contribution in [3.63, 3.8) is 0 Å². The molecule has 0 amide bonds. The Hall–Kier alpha value is -0.318. The van der Waals surface area contributed by atoms with Crippen LogP contribution in [0.3, 0.4) is 0 Å². The Balaban J connectivity index is 0.000000640. The fourth-order valence-corrected chi connectivity index (χ4v) is 0.571. The molecule has 1 rings (SSSR count). The minimum atomic E-state index is 0. The van der Waals surface area contributed by atoms with Gasteiger partial charge in [-0.2, -0.15) is 0 Å². The smallest absolute Gasteiger partial charge is 0.107 e. The predicted molar refractivity (Wildman–Crippen MR) is 32.6 cm³/mol. The second-order valence-corrected chi connectivity index (χ2v) is 1.57. The molecule has 52 valence electrons. The van der Waals surface area contributed by atoms with E-state index in [9.17, 15) is 0 Å². The first-order chi connectivity index (χ1) is 3.93. The third-order valence-corrected chi connectivity index (χ3v) is 0.926. The second-order valence-electron chi connectivity index (χ2n) is 1.57. The van der Waals surface area contributed by atoms with Crippen molar-refractivity contribution in [3.05, 3.63) is 36.8 Å². The molecule has 1 heterocycles. The average Bonchev–Trinajstić information content (AvgIpc) is 2.19. The molecule has 0 unspecified atom stereocenters. The van der Waals surface area contributed by atoms with Crippen LogP contribution in [0.1, 0.15) is 5.76 Å². The van der Waals surface area contributed by atoms with Crippen LogP contribution >= 0.6 is 0 Å². The van der Waals surface area contributed by atoms with Gasteiger partial charge in [-0.25, -0.2) is 0 Å². The van der Waals surface area contributed by atoms with Crippen LogP contribution in [0.25, 0.3) is 0 Å². The van der Waals surface area contributed by atoms with Crippen LogP contribution in [-0.4, -0.2) is 0 Å². The summed E-state index contributed by atoms with van der Waals surface area (Å²) in [4.78, 5) is 0. The van der Waals surface area contributed by atoms with Crippen LogP contribution < -0.4 is 0 Å². The van der Waals surface area contributed by atoms with Crippen molar-refractivity contribution in [3.8, 4) is 0 Å². The van der Waals surface area contributed by atoms with E-state index in [4.69, 9.17) is 4.42 Å². The third-order valence-electron chi connectivity index (χ3n) is 0.926. The first-order valence-corrected chi connectivity index (χ1v) is 2.57. The molecule has 0 atom stereocenters. The van der Waals surface area contributed by atoms with Crippen molar-refractivity contribution in [2.45, 2.75) is 6.42 Å². The SMILES string of the molecule is C=CCc1ccco1.[Pd]. The minimum absolute atomic E-state index is 0. The van der Waals surface area contributed by atoms with Crippen molar-refractivity contribution in [2.75, 3.05) is 0 Å². The molecule has 2 heteroatoms. The van der Waals surface area contributed by atoms with Gasteiger partial charge in [-0.05, 0) is 12.1 Å². The maximum absolute atomic E-state index is 5.00. The minimum Gasteiger partial charge on any atom is -0.469 e. The van der Waals surface area contributed by atoms with Gasteiger partial charge in [0.25, 0.3) is 0 Å². The molecule has 0 saturated carbocycles. The van der Waals surface area contributed by atoms with Crippen LogP contribution in [0.15, 0.2) is 35.5 Å². The number of hydrogen-bond donors (Lipinski definition) is 0. The van der Waals surface area contributed by atoms with E-state index in [0.717, 1.165) is 12.2 Å². The summed E-state index contributed by atoms with van der Waals surface area (Å²) in [6, 6.07) is 3.81. The summed E-state index contributed by atoms with van der Waals surface area (Å²) in [6.07, 6.45) is 4.31. The van der Waals surface area contributed by atoms with E-state index in [1.807, 2.05) is 18.2 Å². The van der Waals surface area contributed by atoms with E-state index < -0.39 is 0 Å². The Labute approximate surface area is 68.4 Å². The van der Waals surface area contributed by atoms with Crippen LogP contribution in [0.4, 0.5) is 0 Å². The Morgan fingerprint density at radius 3 is 2.89 bits per heavy atom. The molecule has 0 radical (unpaired) electrons. The van der Waals surface area contributed by atoms with E-state index in [-0.39, 0.29) is 20.4 Å². The summed E-state index contributed by atoms with van der Waals surface area (Å²) in [5, 5.41) is 0. The molecule has 9 heavy (non-hydrogen) atoms. The topological polar surface area (TPSA) is 13.1 Å². The van der Waals surface area contributed by atoms with Gasteiger partial charge in [0.2, 0.25) is 0 Å². The van der Waals surface area contributed by atoms with E-state index in [1.165, 1.54) is 0 Å². The first kappa shape index (κ1) is 8.68. The fraction of sp³-hybridized carbons (Fsp3) is 0.143. The zero-order valence-electron chi connectivity index (χ0n) is 4.95. The molecule has 0 aliphatic carbocycles. The average molecular weight is 215 g/mol. The molecule has 0 aliphatic rings. The van der Waals surface area contributed by atoms with Gasteiger partial charge in [-0.3, -0.25) is 0 Å². The molecule has 0 N–H and O–H groups in total. The molecule has 0 bridgehead atoms. The second kappa shape index (κ2) is 4.55. The molecule has 0 saturated heterocycles. The van der Waals surface area contributed by atoms with Gasteiger partial charge >= 0.3 is 0 Å². The summed E-state index contributed by atoms with van der Waals surface area (Å²) in [7, 11) is 0. The molecular weight excluding hydrogens is 206 g/mol. The summed E-state index contributed by atoms with van der Waals surface area (Å²) in [6.45, 7) is 3.58. The molecule has 1 aromatic heterocycles. The normalized spacial score (nSPS) is 8.00. The van der Waals surface area contributed by atoms with E-state index in [0.29, 0.717) is 0 Å². The number of hydrogen-bond acceptors (Lipinski definition) is 1. The van der Waals surface area contributed by atoms with Crippen LogP contribution in [0.5, 0.6) is 0 Å². The Kier molecular flexibility index (Phi) is 4.39. The standard InChI is InChI=1S/C7H8O.Pd/c1-2-4-7-5-3-6-8-7;/h2-3,5-6H,1,4H2;. The monoisotopic (exact) mass is 214 g/mol. The molecule has 1 aromatic rings. The zero-order valence-corrected chi connectivity index (χ0v) is 6.50. The zero-order chi connectivity index (χ0) is 5.82. The molecule has 1 nitrogen and oxygen atoms in total. The Morgan fingerprint density at radius 2 is 2.44 bits per heavy atom. The van der Waals surface area contributed by atoms with Gasteiger partial charge in [0.1, 0.15) is 5.76 Å². The van der Waals surface area contributed by atoms with Crippen molar-refractivity contribution in [1.29, 1.82) is 0 Å². The summed E-state index contributed by atoms with van der Waals surface area (Å²) in [5.41, 5.74) is 0. The van der Waals surface area contributed by atoms with Crippen molar-refractivity contribution in [2.24, 2.45) is 0 Å². The van der Waals surface area contributed by atoms with Crippen molar-refractivity contribution >= 4 is 0 Å². The van der Waals surface area contributed by atoms with Gasteiger partial charge in [0, 0.05) is 26.8 Å².